The van der Waals surface area contributed by atoms with Crippen LogP contribution in [0.25, 0.3) is 11.0 Å². The van der Waals surface area contributed by atoms with Gasteiger partial charge in [-0.05, 0) is 41.5 Å². The first-order chi connectivity index (χ1) is 10.7. The third-order valence-electron chi connectivity index (χ3n) is 5.01. The molecule has 1 saturated carbocycles. The van der Waals surface area contributed by atoms with Gasteiger partial charge in [-0.3, -0.25) is 4.67 Å². The van der Waals surface area contributed by atoms with E-state index in [1.165, 1.54) is 31.2 Å². The van der Waals surface area contributed by atoms with Crippen LogP contribution >= 0.6 is 18.8 Å². The summed E-state index contributed by atoms with van der Waals surface area (Å²) in [7, 11) is 5.64. The lowest BCUT2D eigenvalue weighted by Gasteiger charge is -2.30. The Labute approximate surface area is 135 Å². The average Bonchev–Trinajstić information content (AvgIpc) is 3.00. The smallest absolute Gasteiger partial charge is 0.116 e. The van der Waals surface area contributed by atoms with Crippen LogP contribution in [0.5, 0.6) is 0 Å². The van der Waals surface area contributed by atoms with Crippen molar-refractivity contribution >= 4 is 29.8 Å². The van der Waals surface area contributed by atoms with E-state index in [0.717, 1.165) is 24.1 Å². The Kier molecular flexibility index (Phi) is 4.17. The van der Waals surface area contributed by atoms with E-state index in [-0.39, 0.29) is 0 Å². The van der Waals surface area contributed by atoms with Crippen LogP contribution in [0.2, 0.25) is 0 Å². The topological polar surface area (TPSA) is 43.2 Å². The summed E-state index contributed by atoms with van der Waals surface area (Å²) in [6, 6.07) is 0.875. The number of ether oxygens (including phenoxy) is 1. The highest BCUT2D eigenvalue weighted by Gasteiger charge is 2.34. The number of rotatable bonds is 4. The van der Waals surface area contributed by atoms with Gasteiger partial charge in [0.05, 0.1) is 29.9 Å². The highest BCUT2D eigenvalue weighted by molar-refractivity contribution is 7.15. The Balaban J connectivity index is 1.52. The van der Waals surface area contributed by atoms with E-state index in [4.69, 9.17) is 4.74 Å². The van der Waals surface area contributed by atoms with Crippen molar-refractivity contribution in [2.45, 2.75) is 50.3 Å². The van der Waals surface area contributed by atoms with Crippen LogP contribution in [-0.4, -0.2) is 37.7 Å². The first-order valence-electron chi connectivity index (χ1n) is 7.94. The van der Waals surface area contributed by atoms with Gasteiger partial charge in [-0.25, -0.2) is 9.97 Å². The van der Waals surface area contributed by atoms with E-state index < -0.39 is 0 Å². The van der Waals surface area contributed by atoms with Crippen LogP contribution in [-0.2, 0) is 4.74 Å². The van der Waals surface area contributed by atoms with Gasteiger partial charge >= 0.3 is 0 Å². The molecule has 2 aromatic heterocycles. The second-order valence-electron chi connectivity index (χ2n) is 6.33. The molecule has 118 valence electrons. The molecule has 2 aliphatic rings. The molecule has 4 unspecified atom stereocenters. The minimum Gasteiger partial charge on any atom is -0.377 e. The van der Waals surface area contributed by atoms with Crippen molar-refractivity contribution in [3.63, 3.8) is 0 Å². The normalized spacial score (nSPS) is 26.6. The third-order valence-corrected chi connectivity index (χ3v) is 6.22. The van der Waals surface area contributed by atoms with Crippen molar-refractivity contribution in [3.8, 4) is 0 Å². The van der Waals surface area contributed by atoms with Gasteiger partial charge in [0, 0.05) is 23.8 Å². The lowest BCUT2D eigenvalue weighted by Crippen LogP contribution is -2.31. The molecule has 3 heterocycles. The number of hydrogen-bond donors (Lipinski definition) is 0. The summed E-state index contributed by atoms with van der Waals surface area (Å²) in [4.78, 5) is 8.62. The van der Waals surface area contributed by atoms with E-state index in [1.807, 2.05) is 10.5 Å². The summed E-state index contributed by atoms with van der Waals surface area (Å²) < 4.78 is 10.5. The Morgan fingerprint density at radius 3 is 2.86 bits per heavy atom. The van der Waals surface area contributed by atoms with Crippen molar-refractivity contribution in [3.05, 3.63) is 24.3 Å². The van der Waals surface area contributed by atoms with Gasteiger partial charge < -0.3 is 9.07 Å². The number of fused-ring (bicyclic) bond motifs is 1. The minimum atomic E-state index is 0.388. The molecule has 4 atom stereocenters. The molecule has 2 fully saturated rings. The zero-order chi connectivity index (χ0) is 15.1. The van der Waals surface area contributed by atoms with E-state index in [2.05, 4.69) is 39.6 Å². The Morgan fingerprint density at radius 2 is 2.09 bits per heavy atom. The van der Waals surface area contributed by atoms with Gasteiger partial charge in [-0.1, -0.05) is 9.39 Å². The van der Waals surface area contributed by atoms with Gasteiger partial charge in [0.15, 0.2) is 0 Å². The summed E-state index contributed by atoms with van der Waals surface area (Å²) in [5, 5.41) is 0. The quantitative estimate of drug-likeness (QED) is 0.805. The molecule has 0 N–H and O–H groups in total. The van der Waals surface area contributed by atoms with E-state index >= 15 is 0 Å². The second kappa shape index (κ2) is 6.13. The molecule has 2 aromatic rings. The molecule has 0 aromatic carbocycles. The van der Waals surface area contributed by atoms with Crippen molar-refractivity contribution in [2.24, 2.45) is 0 Å². The molecule has 22 heavy (non-hydrogen) atoms. The summed E-state index contributed by atoms with van der Waals surface area (Å²) in [6.07, 6.45) is 12.3. The SMILES string of the molecule is PN1C(COC2CCC2)CCC1c1cn(P)c2cncnc12. The molecule has 5 nitrogen and oxygen atoms in total. The molecule has 0 radical (unpaired) electrons. The fourth-order valence-electron chi connectivity index (χ4n) is 3.43. The maximum atomic E-state index is 6.02. The molecule has 0 bridgehead atoms. The lowest BCUT2D eigenvalue weighted by atomic mass is 9.96. The minimum absolute atomic E-state index is 0.388. The van der Waals surface area contributed by atoms with Crippen LogP contribution in [0.4, 0.5) is 0 Å². The molecule has 1 saturated heterocycles. The zero-order valence-electron chi connectivity index (χ0n) is 12.6. The van der Waals surface area contributed by atoms with Crippen LogP contribution < -0.4 is 0 Å². The van der Waals surface area contributed by atoms with Crippen molar-refractivity contribution < 1.29 is 4.74 Å². The highest BCUT2D eigenvalue weighted by atomic mass is 31.0. The summed E-state index contributed by atoms with van der Waals surface area (Å²) in [5.74, 6) is 0. The Morgan fingerprint density at radius 1 is 1.23 bits per heavy atom. The predicted molar refractivity (Wildman–Crippen MR) is 93.5 cm³/mol. The second-order valence-corrected chi connectivity index (χ2v) is 7.48. The van der Waals surface area contributed by atoms with Gasteiger partial charge in [0.2, 0.25) is 0 Å². The van der Waals surface area contributed by atoms with Gasteiger partial charge in [0.25, 0.3) is 0 Å². The zero-order valence-corrected chi connectivity index (χ0v) is 14.9. The standard InChI is InChI=1S/C15H22N4OP2/c21-18-7-12(15-14(18)6-16-9-17-15)13-5-4-10(19(13)22)8-20-11-2-1-3-11/h6-7,9-11,13H,1-5,8,21-22H2. The summed E-state index contributed by atoms with van der Waals surface area (Å²) in [6.45, 7) is 0.846. The fraction of sp³-hybridized carbons (Fsp3) is 0.600. The molecule has 1 aliphatic heterocycles. The van der Waals surface area contributed by atoms with Crippen LogP contribution in [0, 0.1) is 0 Å². The molecule has 0 spiro atoms. The van der Waals surface area contributed by atoms with Gasteiger partial charge in [0.1, 0.15) is 6.33 Å². The molecular weight excluding hydrogens is 314 g/mol. The molecule has 0 amide bonds. The fourth-order valence-corrected chi connectivity index (χ4v) is 4.33. The average molecular weight is 336 g/mol. The first-order valence-corrected chi connectivity index (χ1v) is 8.98. The number of aromatic nitrogens is 3. The van der Waals surface area contributed by atoms with E-state index in [1.54, 1.807) is 6.33 Å². The van der Waals surface area contributed by atoms with Gasteiger partial charge in [-0.2, -0.15) is 0 Å². The predicted octanol–water partition coefficient (Wildman–Crippen LogP) is 2.93. The largest absolute Gasteiger partial charge is 0.377 e. The summed E-state index contributed by atoms with van der Waals surface area (Å²) >= 11 is 0. The number of nitrogens with zero attached hydrogens (tertiary/aromatic N) is 4. The molecule has 4 rings (SSSR count). The maximum absolute atomic E-state index is 6.02. The van der Waals surface area contributed by atoms with Crippen molar-refractivity contribution in [1.82, 2.24) is 19.0 Å². The maximum Gasteiger partial charge on any atom is 0.116 e. The third kappa shape index (κ3) is 2.59. The Hall–Kier alpha value is -0.600. The molecule has 7 heteroatoms. The van der Waals surface area contributed by atoms with Crippen LogP contribution in [0.1, 0.15) is 43.7 Å². The highest BCUT2D eigenvalue weighted by Crippen LogP contribution is 2.42. The molecule has 1 aliphatic carbocycles. The monoisotopic (exact) mass is 336 g/mol. The van der Waals surface area contributed by atoms with E-state index in [0.29, 0.717) is 18.2 Å². The van der Waals surface area contributed by atoms with E-state index in [9.17, 15) is 0 Å². The molecular formula is C15H22N4OP2. The number of hydrogen-bond acceptors (Lipinski definition) is 4. The van der Waals surface area contributed by atoms with Gasteiger partial charge in [-0.15, -0.1) is 0 Å². The van der Waals surface area contributed by atoms with Crippen molar-refractivity contribution in [1.29, 1.82) is 0 Å². The first kappa shape index (κ1) is 15.0. The summed E-state index contributed by atoms with van der Waals surface area (Å²) in [5.41, 5.74) is 3.41. The van der Waals surface area contributed by atoms with Crippen LogP contribution in [0.15, 0.2) is 18.7 Å². The van der Waals surface area contributed by atoms with Crippen molar-refractivity contribution in [2.75, 3.05) is 6.61 Å². The Bertz CT molecular complexity index is 673. The van der Waals surface area contributed by atoms with Crippen LogP contribution in [0.3, 0.4) is 0 Å². The lowest BCUT2D eigenvalue weighted by molar-refractivity contribution is -0.0144.